The number of anilines is 1. The zero-order valence-electron chi connectivity index (χ0n) is 13.4. The lowest BCUT2D eigenvalue weighted by Crippen LogP contribution is -2.46. The van der Waals surface area contributed by atoms with E-state index in [9.17, 15) is 9.90 Å². The Balaban J connectivity index is 0.00000144. The van der Waals surface area contributed by atoms with Gasteiger partial charge in [0.15, 0.2) is 5.82 Å². The Morgan fingerprint density at radius 3 is 2.54 bits per heavy atom. The number of hydrogen-bond donors (Lipinski definition) is 3. The van der Waals surface area contributed by atoms with E-state index in [0.717, 1.165) is 31.7 Å². The van der Waals surface area contributed by atoms with Gasteiger partial charge in [-0.25, -0.2) is 0 Å². The molecule has 1 amide bonds. The predicted molar refractivity (Wildman–Crippen MR) is 96.6 cm³/mol. The van der Waals surface area contributed by atoms with E-state index in [4.69, 9.17) is 5.73 Å². The first-order valence-corrected chi connectivity index (χ1v) is 7.90. The van der Waals surface area contributed by atoms with Crippen LogP contribution in [0.4, 0.5) is 5.82 Å². The largest absolute Gasteiger partial charge is 0.391 e. The van der Waals surface area contributed by atoms with E-state index in [1.165, 1.54) is 0 Å². The number of carbonyl (C=O) groups is 1. The molecule has 3 atom stereocenters. The number of halogens is 2. The van der Waals surface area contributed by atoms with Gasteiger partial charge in [-0.15, -0.1) is 29.9 Å². The average Bonchev–Trinajstić information content (AvgIpc) is 2.88. The second-order valence-electron chi connectivity index (χ2n) is 6.25. The van der Waals surface area contributed by atoms with Gasteiger partial charge in [0.1, 0.15) is 0 Å². The van der Waals surface area contributed by atoms with Crippen molar-refractivity contribution in [3.05, 3.63) is 18.3 Å². The Bertz CT molecular complexity index is 504. The maximum absolute atomic E-state index is 12.2. The molecule has 0 bridgehead atoms. The van der Waals surface area contributed by atoms with Crippen LogP contribution in [0.3, 0.4) is 0 Å². The molecule has 4 N–H and O–H groups in total. The fraction of sp³-hybridized carbons (Fsp3) is 0.667. The van der Waals surface area contributed by atoms with Gasteiger partial charge in [0.2, 0.25) is 5.91 Å². The summed E-state index contributed by atoms with van der Waals surface area (Å²) in [4.78, 5) is 14.4. The van der Waals surface area contributed by atoms with Crippen molar-refractivity contribution in [2.75, 3.05) is 18.0 Å². The standard InChI is InChI=1S/C15H23N5O2.2ClH/c16-12-8-10(9-13(12)21)15(22)18-11-3-6-20(7-4-11)14-2-1-5-17-19-14;;/h1-2,5,10-13,21H,3-4,6-9,16H2,(H,18,22);2*1H/t10-,12+,13+;;/m0../s1. The number of nitrogens with two attached hydrogens (primary N) is 1. The lowest BCUT2D eigenvalue weighted by Gasteiger charge is -2.33. The first-order valence-electron chi connectivity index (χ1n) is 7.90. The Kier molecular flexibility index (Phi) is 8.15. The minimum absolute atomic E-state index is 0. The Morgan fingerprint density at radius 1 is 1.29 bits per heavy atom. The first kappa shape index (κ1) is 20.9. The van der Waals surface area contributed by atoms with Crippen LogP contribution in [0, 0.1) is 5.92 Å². The topological polar surface area (TPSA) is 104 Å². The zero-order chi connectivity index (χ0) is 15.5. The summed E-state index contributed by atoms with van der Waals surface area (Å²) in [7, 11) is 0. The van der Waals surface area contributed by atoms with Gasteiger partial charge in [0.05, 0.1) is 6.10 Å². The molecule has 1 saturated heterocycles. The monoisotopic (exact) mass is 377 g/mol. The molecule has 2 heterocycles. The second kappa shape index (κ2) is 9.36. The minimum Gasteiger partial charge on any atom is -0.391 e. The quantitative estimate of drug-likeness (QED) is 0.708. The number of carbonyl (C=O) groups excluding carboxylic acids is 1. The molecule has 1 aromatic heterocycles. The van der Waals surface area contributed by atoms with E-state index in [1.807, 2.05) is 12.1 Å². The lowest BCUT2D eigenvalue weighted by atomic mass is 10.0. The number of hydrogen-bond acceptors (Lipinski definition) is 6. The molecule has 0 aromatic carbocycles. The molecule has 1 saturated carbocycles. The van der Waals surface area contributed by atoms with Crippen molar-refractivity contribution in [1.29, 1.82) is 0 Å². The number of piperidine rings is 1. The molecule has 0 radical (unpaired) electrons. The van der Waals surface area contributed by atoms with Gasteiger partial charge in [-0.2, -0.15) is 5.10 Å². The summed E-state index contributed by atoms with van der Waals surface area (Å²) in [5.74, 6) is 0.769. The first-order chi connectivity index (χ1) is 10.6. The molecular weight excluding hydrogens is 353 g/mol. The third-order valence-corrected chi connectivity index (χ3v) is 4.67. The van der Waals surface area contributed by atoms with Crippen LogP contribution in [0.2, 0.25) is 0 Å². The van der Waals surface area contributed by atoms with E-state index < -0.39 is 6.10 Å². The van der Waals surface area contributed by atoms with Gasteiger partial charge in [-0.1, -0.05) is 0 Å². The van der Waals surface area contributed by atoms with Crippen LogP contribution in [-0.4, -0.2) is 52.5 Å². The van der Waals surface area contributed by atoms with E-state index in [2.05, 4.69) is 20.4 Å². The van der Waals surface area contributed by atoms with Gasteiger partial charge in [-0.3, -0.25) is 4.79 Å². The fourth-order valence-electron chi connectivity index (χ4n) is 3.30. The molecule has 1 aliphatic carbocycles. The van der Waals surface area contributed by atoms with Crippen molar-refractivity contribution in [2.24, 2.45) is 11.7 Å². The Morgan fingerprint density at radius 2 is 2.00 bits per heavy atom. The summed E-state index contributed by atoms with van der Waals surface area (Å²) in [5, 5.41) is 20.8. The molecule has 7 nitrogen and oxygen atoms in total. The maximum atomic E-state index is 12.2. The van der Waals surface area contributed by atoms with Gasteiger partial charge < -0.3 is 21.1 Å². The minimum atomic E-state index is -0.547. The summed E-state index contributed by atoms with van der Waals surface area (Å²) in [6.45, 7) is 1.72. The van der Waals surface area contributed by atoms with Crippen molar-refractivity contribution in [3.8, 4) is 0 Å². The van der Waals surface area contributed by atoms with E-state index >= 15 is 0 Å². The molecule has 3 rings (SSSR count). The van der Waals surface area contributed by atoms with Crippen molar-refractivity contribution < 1.29 is 9.90 Å². The highest BCUT2D eigenvalue weighted by Crippen LogP contribution is 2.25. The molecular formula is C15H25Cl2N5O2. The second-order valence-corrected chi connectivity index (χ2v) is 6.25. The van der Waals surface area contributed by atoms with Crippen LogP contribution in [-0.2, 0) is 4.79 Å². The molecule has 2 fully saturated rings. The SMILES string of the molecule is Cl.Cl.N[C@@H]1C[C@H](C(=O)NC2CCN(c3cccnn3)CC2)C[C@H]1O. The number of nitrogens with zero attached hydrogens (tertiary/aromatic N) is 3. The normalized spacial score (nSPS) is 27.1. The molecule has 1 aromatic rings. The predicted octanol–water partition coefficient (Wildman–Crippen LogP) is 0.503. The molecule has 24 heavy (non-hydrogen) atoms. The van der Waals surface area contributed by atoms with Gasteiger partial charge in [0, 0.05) is 37.3 Å². The highest BCUT2D eigenvalue weighted by Gasteiger charge is 2.35. The Hall–Kier alpha value is -1.15. The van der Waals surface area contributed by atoms with Crippen molar-refractivity contribution in [2.45, 2.75) is 43.9 Å². The summed E-state index contributed by atoms with van der Waals surface area (Å²) >= 11 is 0. The lowest BCUT2D eigenvalue weighted by molar-refractivity contribution is -0.125. The summed E-state index contributed by atoms with van der Waals surface area (Å²) in [6, 6.07) is 3.75. The smallest absolute Gasteiger partial charge is 0.223 e. The van der Waals surface area contributed by atoms with E-state index in [0.29, 0.717) is 12.8 Å². The number of nitrogens with one attached hydrogen (secondary N) is 1. The maximum Gasteiger partial charge on any atom is 0.223 e. The molecule has 1 aliphatic heterocycles. The average molecular weight is 378 g/mol. The third-order valence-electron chi connectivity index (χ3n) is 4.67. The molecule has 136 valence electrons. The van der Waals surface area contributed by atoms with E-state index in [-0.39, 0.29) is 48.7 Å². The molecule has 2 aliphatic rings. The van der Waals surface area contributed by atoms with Crippen molar-refractivity contribution in [1.82, 2.24) is 15.5 Å². The van der Waals surface area contributed by atoms with E-state index in [1.54, 1.807) is 6.20 Å². The molecule has 0 spiro atoms. The van der Waals surface area contributed by atoms with Crippen LogP contribution in [0.5, 0.6) is 0 Å². The summed E-state index contributed by atoms with van der Waals surface area (Å²) in [6.07, 6.45) is 3.95. The number of amides is 1. The van der Waals surface area contributed by atoms with Crippen LogP contribution >= 0.6 is 24.8 Å². The van der Waals surface area contributed by atoms with Crippen LogP contribution in [0.15, 0.2) is 18.3 Å². The van der Waals surface area contributed by atoms with Crippen molar-refractivity contribution in [3.63, 3.8) is 0 Å². The highest BCUT2D eigenvalue weighted by atomic mass is 35.5. The number of rotatable bonds is 3. The van der Waals surface area contributed by atoms with Crippen LogP contribution in [0.25, 0.3) is 0 Å². The summed E-state index contributed by atoms with van der Waals surface area (Å²) in [5.41, 5.74) is 5.77. The van der Waals surface area contributed by atoms with Gasteiger partial charge in [0.25, 0.3) is 0 Å². The number of aliphatic hydroxyl groups is 1. The summed E-state index contributed by atoms with van der Waals surface area (Å²) < 4.78 is 0. The number of aliphatic hydroxyl groups excluding tert-OH is 1. The molecule has 0 unspecified atom stereocenters. The van der Waals surface area contributed by atoms with Gasteiger partial charge in [-0.05, 0) is 37.8 Å². The fourth-order valence-corrected chi connectivity index (χ4v) is 3.30. The Labute approximate surface area is 154 Å². The molecule has 9 heteroatoms. The van der Waals surface area contributed by atoms with Crippen LogP contribution < -0.4 is 16.0 Å². The zero-order valence-corrected chi connectivity index (χ0v) is 15.0. The van der Waals surface area contributed by atoms with Gasteiger partial charge >= 0.3 is 0 Å². The highest BCUT2D eigenvalue weighted by molar-refractivity contribution is 5.85. The van der Waals surface area contributed by atoms with Crippen molar-refractivity contribution >= 4 is 36.5 Å². The van der Waals surface area contributed by atoms with Crippen LogP contribution in [0.1, 0.15) is 25.7 Å². The number of aromatic nitrogens is 2. The third kappa shape index (κ3) is 4.92.